The summed E-state index contributed by atoms with van der Waals surface area (Å²) in [5, 5.41) is 21.2. The van der Waals surface area contributed by atoms with Crippen LogP contribution in [0.2, 0.25) is 0 Å². The molecule has 8 rings (SSSR count). The molecule has 2 aromatic carbocycles. The summed E-state index contributed by atoms with van der Waals surface area (Å²) in [6, 6.07) is 17.5. The van der Waals surface area contributed by atoms with E-state index in [-0.39, 0.29) is 5.78 Å². The summed E-state index contributed by atoms with van der Waals surface area (Å²) >= 11 is 0. The van der Waals surface area contributed by atoms with Crippen LogP contribution in [0.3, 0.4) is 0 Å². The molecular formula is C31H28FN3O. The molecule has 4 nitrogen and oxygen atoms in total. The number of benzene rings is 2. The molecule has 180 valence electrons. The van der Waals surface area contributed by atoms with Gasteiger partial charge in [-0.05, 0) is 79.5 Å². The van der Waals surface area contributed by atoms with Gasteiger partial charge in [0, 0.05) is 17.0 Å². The Labute approximate surface area is 211 Å². The van der Waals surface area contributed by atoms with Gasteiger partial charge in [-0.25, -0.2) is 4.39 Å². The van der Waals surface area contributed by atoms with Crippen LogP contribution in [-0.2, 0) is 4.79 Å². The van der Waals surface area contributed by atoms with Crippen LogP contribution in [0.5, 0.6) is 0 Å². The van der Waals surface area contributed by atoms with Crippen LogP contribution in [0.4, 0.5) is 10.1 Å². The van der Waals surface area contributed by atoms with E-state index in [1.54, 1.807) is 18.2 Å². The lowest BCUT2D eigenvalue weighted by Gasteiger charge is -2.57. The topological polar surface area (TPSA) is 67.9 Å². The molecule has 0 spiro atoms. The number of hydrogen-bond acceptors (Lipinski definition) is 4. The number of nitriles is 2. The Morgan fingerprint density at radius 2 is 1.53 bits per heavy atom. The number of anilines is 1. The number of halogens is 1. The van der Waals surface area contributed by atoms with E-state index in [1.807, 2.05) is 41.3 Å². The number of para-hydroxylation sites is 1. The Kier molecular flexibility index (Phi) is 4.56. The summed E-state index contributed by atoms with van der Waals surface area (Å²) in [5.41, 5.74) is 0.0705. The fraction of sp³-hybridized carbons (Fsp3) is 0.452. The third-order valence-corrected chi connectivity index (χ3v) is 9.99. The third-order valence-electron chi connectivity index (χ3n) is 9.99. The molecule has 0 unspecified atom stereocenters. The lowest BCUT2D eigenvalue weighted by Crippen LogP contribution is -2.56. The van der Waals surface area contributed by atoms with Crippen LogP contribution in [0.1, 0.15) is 55.6 Å². The first-order valence-electron chi connectivity index (χ1n) is 13.2. The highest BCUT2D eigenvalue weighted by molar-refractivity contribution is 5.97. The normalized spacial score (nSPS) is 36.6. The van der Waals surface area contributed by atoms with E-state index in [1.165, 1.54) is 25.3 Å². The van der Waals surface area contributed by atoms with E-state index >= 15 is 4.39 Å². The van der Waals surface area contributed by atoms with Crippen molar-refractivity contribution in [2.75, 3.05) is 4.90 Å². The minimum Gasteiger partial charge on any atom is -0.351 e. The first-order chi connectivity index (χ1) is 17.5. The van der Waals surface area contributed by atoms with E-state index in [2.05, 4.69) is 12.1 Å². The maximum atomic E-state index is 15.5. The third kappa shape index (κ3) is 2.75. The molecule has 4 bridgehead atoms. The molecule has 2 aliphatic heterocycles. The van der Waals surface area contributed by atoms with Gasteiger partial charge in [0.15, 0.2) is 11.2 Å². The number of Topliss-reactive ketones (excluding diaryl/α,β-unsaturated/α-hetero) is 1. The van der Waals surface area contributed by atoms with E-state index in [0.29, 0.717) is 23.3 Å². The largest absolute Gasteiger partial charge is 0.351 e. The van der Waals surface area contributed by atoms with Gasteiger partial charge in [0.1, 0.15) is 5.82 Å². The number of fused-ring (bicyclic) bond motifs is 3. The van der Waals surface area contributed by atoms with Crippen LogP contribution in [0, 0.1) is 57.1 Å². The number of hydrogen-bond donors (Lipinski definition) is 0. The second-order valence-corrected chi connectivity index (χ2v) is 11.9. The zero-order chi connectivity index (χ0) is 24.7. The van der Waals surface area contributed by atoms with E-state index in [9.17, 15) is 15.3 Å². The van der Waals surface area contributed by atoms with Gasteiger partial charge in [0.2, 0.25) is 0 Å². The van der Waals surface area contributed by atoms with Gasteiger partial charge >= 0.3 is 0 Å². The monoisotopic (exact) mass is 477 g/mol. The molecule has 4 aliphatic carbocycles. The SMILES string of the molecule is N#CC1(C#N)[C@H](c2ccccc2F)[C@H](C(=O)C23CC4CC(CC(C4)C2)C3)N2c3ccccc3C=C[C@@H]21. The summed E-state index contributed by atoms with van der Waals surface area (Å²) in [6.07, 6.45) is 10.1. The summed E-state index contributed by atoms with van der Waals surface area (Å²) in [5.74, 6) is 0.517. The molecule has 0 N–H and O–H groups in total. The fourth-order valence-electron chi connectivity index (χ4n) is 9.03. The first kappa shape index (κ1) is 21.8. The molecule has 3 atom stereocenters. The summed E-state index contributed by atoms with van der Waals surface area (Å²) in [4.78, 5) is 17.0. The number of carbonyl (C=O) groups excluding carboxylic acids is 1. The maximum Gasteiger partial charge on any atom is 0.176 e. The number of rotatable bonds is 3. The fourth-order valence-corrected chi connectivity index (χ4v) is 9.03. The van der Waals surface area contributed by atoms with Gasteiger partial charge in [-0.15, -0.1) is 0 Å². The van der Waals surface area contributed by atoms with Crippen molar-refractivity contribution in [2.45, 2.75) is 56.5 Å². The zero-order valence-corrected chi connectivity index (χ0v) is 20.1. The standard InChI is InChI=1S/C31H28FN3O/c32-24-7-3-2-6-23(24)27-28(29(36)30-14-19-11-20(15-30)13-21(12-19)16-30)35-25-8-4-1-5-22(25)9-10-26(35)31(27,17-33)18-34/h1-10,19-21,26-28H,11-16H2/t19?,20?,21?,26-,27-,28-,30?/m1/s1. The van der Waals surface area contributed by atoms with Crippen molar-refractivity contribution in [3.8, 4) is 12.1 Å². The van der Waals surface area contributed by atoms with Crippen molar-refractivity contribution in [1.82, 2.24) is 0 Å². The van der Waals surface area contributed by atoms with Gasteiger partial charge in [0.25, 0.3) is 0 Å². The Hall–Kier alpha value is -3.44. The number of nitrogens with zero attached hydrogens (tertiary/aromatic N) is 3. The Morgan fingerprint density at radius 1 is 0.917 bits per heavy atom. The summed E-state index contributed by atoms with van der Waals surface area (Å²) in [6.45, 7) is 0. The molecule has 5 heteroatoms. The number of ketones is 1. The Morgan fingerprint density at radius 3 is 2.17 bits per heavy atom. The van der Waals surface area contributed by atoms with Crippen molar-refractivity contribution < 1.29 is 9.18 Å². The van der Waals surface area contributed by atoms with Gasteiger partial charge in [-0.3, -0.25) is 4.79 Å². The predicted molar refractivity (Wildman–Crippen MR) is 134 cm³/mol. The van der Waals surface area contributed by atoms with Gasteiger partial charge in [0.05, 0.1) is 24.2 Å². The highest BCUT2D eigenvalue weighted by Gasteiger charge is 2.67. The average molecular weight is 478 g/mol. The van der Waals surface area contributed by atoms with Crippen molar-refractivity contribution in [1.29, 1.82) is 10.5 Å². The van der Waals surface area contributed by atoms with Crippen LogP contribution in [0.15, 0.2) is 54.6 Å². The minimum absolute atomic E-state index is 0.123. The Balaban J connectivity index is 1.46. The molecule has 4 saturated carbocycles. The average Bonchev–Trinajstić information content (AvgIpc) is 3.18. The highest BCUT2D eigenvalue weighted by Crippen LogP contribution is 2.63. The quantitative estimate of drug-likeness (QED) is 0.543. The van der Waals surface area contributed by atoms with Crippen LogP contribution >= 0.6 is 0 Å². The van der Waals surface area contributed by atoms with Crippen LogP contribution < -0.4 is 4.90 Å². The van der Waals surface area contributed by atoms with Crippen molar-refractivity contribution >= 4 is 17.5 Å². The minimum atomic E-state index is -1.59. The van der Waals surface area contributed by atoms with E-state index in [0.717, 1.165) is 30.5 Å². The molecular weight excluding hydrogens is 449 g/mol. The van der Waals surface area contributed by atoms with E-state index in [4.69, 9.17) is 0 Å². The maximum absolute atomic E-state index is 15.5. The van der Waals surface area contributed by atoms with Crippen molar-refractivity contribution in [3.63, 3.8) is 0 Å². The van der Waals surface area contributed by atoms with Gasteiger partial charge < -0.3 is 4.90 Å². The Bertz CT molecular complexity index is 1330. The predicted octanol–water partition coefficient (Wildman–Crippen LogP) is 6.01. The highest BCUT2D eigenvalue weighted by atomic mass is 19.1. The lowest BCUT2D eigenvalue weighted by atomic mass is 9.47. The molecule has 2 heterocycles. The molecule has 1 saturated heterocycles. The van der Waals surface area contributed by atoms with Gasteiger partial charge in [-0.2, -0.15) is 10.5 Å². The summed E-state index contributed by atoms with van der Waals surface area (Å²) < 4.78 is 15.5. The molecule has 36 heavy (non-hydrogen) atoms. The van der Waals surface area contributed by atoms with Crippen LogP contribution in [-0.4, -0.2) is 17.9 Å². The van der Waals surface area contributed by atoms with E-state index < -0.39 is 34.6 Å². The van der Waals surface area contributed by atoms with Crippen molar-refractivity contribution in [3.05, 3.63) is 71.6 Å². The molecule has 0 aromatic heterocycles. The molecule has 5 fully saturated rings. The van der Waals surface area contributed by atoms with Crippen LogP contribution in [0.25, 0.3) is 6.08 Å². The zero-order valence-electron chi connectivity index (χ0n) is 20.1. The smallest absolute Gasteiger partial charge is 0.176 e. The second-order valence-electron chi connectivity index (χ2n) is 11.9. The molecule has 6 aliphatic rings. The van der Waals surface area contributed by atoms with Crippen molar-refractivity contribution in [2.24, 2.45) is 28.6 Å². The lowest BCUT2D eigenvalue weighted by molar-refractivity contribution is -0.145. The molecule has 2 aromatic rings. The molecule has 0 amide bonds. The van der Waals surface area contributed by atoms with Gasteiger partial charge in [-0.1, -0.05) is 48.6 Å². The second kappa shape index (κ2) is 7.53. The molecule has 0 radical (unpaired) electrons. The summed E-state index contributed by atoms with van der Waals surface area (Å²) in [7, 11) is 0. The number of carbonyl (C=O) groups is 1. The first-order valence-corrected chi connectivity index (χ1v) is 13.2.